The van der Waals surface area contributed by atoms with Gasteiger partial charge in [-0.3, -0.25) is 14.5 Å². The molecular formula is C23H24FN3O3S. The Labute approximate surface area is 184 Å². The number of nitrogens with one attached hydrogen (secondary N) is 2. The van der Waals surface area contributed by atoms with Crippen LogP contribution in [0.15, 0.2) is 42.5 Å². The third-order valence-corrected chi connectivity index (χ3v) is 6.81. The van der Waals surface area contributed by atoms with Crippen LogP contribution in [0.4, 0.5) is 9.18 Å². The van der Waals surface area contributed by atoms with Crippen molar-refractivity contribution in [1.29, 1.82) is 0 Å². The van der Waals surface area contributed by atoms with Gasteiger partial charge in [0.05, 0.1) is 0 Å². The second-order valence-corrected chi connectivity index (χ2v) is 8.95. The van der Waals surface area contributed by atoms with Crippen LogP contribution in [0.2, 0.25) is 0 Å². The highest BCUT2D eigenvalue weighted by Gasteiger charge is 2.51. The summed E-state index contributed by atoms with van der Waals surface area (Å²) in [6.45, 7) is 0.644. The van der Waals surface area contributed by atoms with E-state index in [2.05, 4.69) is 10.6 Å². The van der Waals surface area contributed by atoms with Crippen molar-refractivity contribution in [1.82, 2.24) is 15.5 Å². The molecule has 1 aliphatic heterocycles. The minimum atomic E-state index is -0.689. The molecule has 2 heterocycles. The van der Waals surface area contributed by atoms with Gasteiger partial charge < -0.3 is 10.6 Å². The Morgan fingerprint density at radius 2 is 1.97 bits per heavy atom. The molecule has 162 valence electrons. The fraction of sp³-hybridized carbons (Fsp3) is 0.348. The number of imide groups is 1. The number of benzene rings is 1. The van der Waals surface area contributed by atoms with Crippen LogP contribution in [0.25, 0.3) is 16.5 Å². The van der Waals surface area contributed by atoms with Gasteiger partial charge >= 0.3 is 6.03 Å². The molecule has 1 aliphatic carbocycles. The van der Waals surface area contributed by atoms with E-state index in [1.807, 2.05) is 12.1 Å². The third-order valence-electron chi connectivity index (χ3n) is 5.73. The maximum absolute atomic E-state index is 13.9. The first-order valence-corrected chi connectivity index (χ1v) is 11.2. The smallest absolute Gasteiger partial charge is 0.325 e. The summed E-state index contributed by atoms with van der Waals surface area (Å²) in [5.41, 5.74) is -0.151. The Kier molecular flexibility index (Phi) is 6.18. The fourth-order valence-electron chi connectivity index (χ4n) is 4.11. The Hall–Kier alpha value is -3.00. The van der Waals surface area contributed by atoms with Gasteiger partial charge in [0.1, 0.15) is 11.4 Å². The summed E-state index contributed by atoms with van der Waals surface area (Å²) in [5, 5.41) is 5.62. The largest absolute Gasteiger partial charge is 0.352 e. The minimum Gasteiger partial charge on any atom is -0.352 e. The van der Waals surface area contributed by atoms with E-state index in [0.717, 1.165) is 22.6 Å². The monoisotopic (exact) mass is 441 g/mol. The number of amides is 4. The average Bonchev–Trinajstić information content (AvgIpc) is 3.47. The molecule has 2 aliphatic rings. The zero-order valence-corrected chi connectivity index (χ0v) is 17.8. The molecule has 0 bridgehead atoms. The van der Waals surface area contributed by atoms with Crippen LogP contribution < -0.4 is 10.6 Å². The number of halogens is 1. The van der Waals surface area contributed by atoms with Gasteiger partial charge in [0.25, 0.3) is 5.91 Å². The predicted octanol–water partition coefficient (Wildman–Crippen LogP) is 3.94. The maximum Gasteiger partial charge on any atom is 0.325 e. The molecule has 1 aromatic carbocycles. The van der Waals surface area contributed by atoms with Gasteiger partial charge in [0, 0.05) is 34.5 Å². The molecule has 0 unspecified atom stereocenters. The summed E-state index contributed by atoms with van der Waals surface area (Å²) < 4.78 is 13.9. The molecule has 2 aromatic rings. The molecule has 1 aromatic heterocycles. The molecule has 0 atom stereocenters. The van der Waals surface area contributed by atoms with Crippen LogP contribution in [0, 0.1) is 5.82 Å². The molecule has 1 saturated heterocycles. The van der Waals surface area contributed by atoms with Crippen LogP contribution in [-0.2, 0) is 9.59 Å². The van der Waals surface area contributed by atoms with Crippen molar-refractivity contribution in [3.05, 3.63) is 53.2 Å². The van der Waals surface area contributed by atoms with Crippen molar-refractivity contribution in [2.24, 2.45) is 0 Å². The Morgan fingerprint density at radius 3 is 2.74 bits per heavy atom. The van der Waals surface area contributed by atoms with Crippen molar-refractivity contribution in [3.63, 3.8) is 0 Å². The normalized spacial score (nSPS) is 17.6. The van der Waals surface area contributed by atoms with Crippen LogP contribution in [0.5, 0.6) is 0 Å². The van der Waals surface area contributed by atoms with E-state index < -0.39 is 5.54 Å². The lowest BCUT2D eigenvalue weighted by molar-refractivity contribution is -0.131. The van der Waals surface area contributed by atoms with Gasteiger partial charge in [0.2, 0.25) is 5.91 Å². The maximum atomic E-state index is 13.9. The summed E-state index contributed by atoms with van der Waals surface area (Å²) in [5.74, 6) is -0.670. The molecule has 8 heteroatoms. The average molecular weight is 442 g/mol. The highest BCUT2D eigenvalue weighted by atomic mass is 32.1. The topological polar surface area (TPSA) is 78.5 Å². The van der Waals surface area contributed by atoms with E-state index in [1.165, 1.54) is 28.4 Å². The minimum absolute atomic E-state index is 0.135. The van der Waals surface area contributed by atoms with Crippen molar-refractivity contribution in [3.8, 4) is 10.4 Å². The summed E-state index contributed by atoms with van der Waals surface area (Å²) in [6.07, 6.45) is 6.92. The van der Waals surface area contributed by atoms with E-state index in [9.17, 15) is 18.8 Å². The molecule has 4 amide bonds. The van der Waals surface area contributed by atoms with E-state index in [0.29, 0.717) is 31.4 Å². The van der Waals surface area contributed by atoms with Crippen LogP contribution in [0.3, 0.4) is 0 Å². The standard InChI is InChI=1S/C23H24FN3O3S/c24-18-7-2-1-6-17(18)19-10-8-16(31-19)9-11-20(28)25-14-5-15-27-21(29)23(26-22(27)30)12-3-4-13-23/h1-2,6-11H,3-5,12-15H2,(H,25,28)(H,26,30)/b11-9+. The van der Waals surface area contributed by atoms with E-state index in [4.69, 9.17) is 0 Å². The summed E-state index contributed by atoms with van der Waals surface area (Å²) >= 11 is 1.40. The van der Waals surface area contributed by atoms with Crippen LogP contribution in [0.1, 0.15) is 37.0 Å². The number of thiophene rings is 1. The molecule has 4 rings (SSSR count). The van der Waals surface area contributed by atoms with Crippen molar-refractivity contribution in [2.45, 2.75) is 37.6 Å². The lowest BCUT2D eigenvalue weighted by atomic mass is 9.98. The van der Waals surface area contributed by atoms with Gasteiger partial charge in [-0.1, -0.05) is 31.0 Å². The Morgan fingerprint density at radius 1 is 1.19 bits per heavy atom. The van der Waals surface area contributed by atoms with E-state index >= 15 is 0 Å². The number of carbonyl (C=O) groups is 3. The molecule has 0 radical (unpaired) electrons. The quantitative estimate of drug-likeness (QED) is 0.388. The first-order valence-electron chi connectivity index (χ1n) is 10.4. The highest BCUT2D eigenvalue weighted by molar-refractivity contribution is 7.16. The number of carbonyl (C=O) groups excluding carboxylic acids is 3. The molecule has 31 heavy (non-hydrogen) atoms. The van der Waals surface area contributed by atoms with Gasteiger partial charge in [-0.25, -0.2) is 9.18 Å². The zero-order chi connectivity index (χ0) is 21.8. The molecule has 1 saturated carbocycles. The number of nitrogens with zero attached hydrogens (tertiary/aromatic N) is 1. The highest BCUT2D eigenvalue weighted by Crippen LogP contribution is 2.35. The predicted molar refractivity (Wildman–Crippen MR) is 118 cm³/mol. The first-order chi connectivity index (χ1) is 15.0. The number of urea groups is 1. The number of hydrogen-bond donors (Lipinski definition) is 2. The third kappa shape index (κ3) is 4.54. The van der Waals surface area contributed by atoms with Crippen LogP contribution >= 0.6 is 11.3 Å². The number of hydrogen-bond acceptors (Lipinski definition) is 4. The Balaban J connectivity index is 1.23. The molecule has 1 spiro atoms. The van der Waals surface area contributed by atoms with Crippen LogP contribution in [-0.4, -0.2) is 41.4 Å². The summed E-state index contributed by atoms with van der Waals surface area (Å²) in [4.78, 5) is 39.7. The molecule has 2 N–H and O–H groups in total. The van der Waals surface area contributed by atoms with Crippen molar-refractivity contribution >= 4 is 35.3 Å². The Bertz CT molecular complexity index is 1030. The van der Waals surface area contributed by atoms with Gasteiger partial charge in [-0.15, -0.1) is 11.3 Å². The molecular weight excluding hydrogens is 417 g/mol. The van der Waals surface area contributed by atoms with Gasteiger partial charge in [0.15, 0.2) is 0 Å². The van der Waals surface area contributed by atoms with E-state index in [-0.39, 0.29) is 30.2 Å². The summed E-state index contributed by atoms with van der Waals surface area (Å²) in [6, 6.07) is 9.92. The van der Waals surface area contributed by atoms with Crippen molar-refractivity contribution < 1.29 is 18.8 Å². The lowest BCUT2D eigenvalue weighted by Gasteiger charge is -2.19. The first kappa shape index (κ1) is 21.2. The van der Waals surface area contributed by atoms with E-state index in [1.54, 1.807) is 24.3 Å². The second kappa shape index (κ2) is 9.01. The fourth-order valence-corrected chi connectivity index (χ4v) is 5.05. The lowest BCUT2D eigenvalue weighted by Crippen LogP contribution is -2.44. The molecule has 2 fully saturated rings. The second-order valence-electron chi connectivity index (χ2n) is 7.84. The van der Waals surface area contributed by atoms with Gasteiger partial charge in [-0.2, -0.15) is 0 Å². The SMILES string of the molecule is O=C(/C=C/c1ccc(-c2ccccc2F)s1)NCCCN1C(=O)NC2(CCCC2)C1=O. The summed E-state index contributed by atoms with van der Waals surface area (Å²) in [7, 11) is 0. The molecule has 6 nitrogen and oxygen atoms in total. The van der Waals surface area contributed by atoms with Crippen molar-refractivity contribution in [2.75, 3.05) is 13.1 Å². The van der Waals surface area contributed by atoms with Gasteiger partial charge in [-0.05, 0) is 43.5 Å². The zero-order valence-electron chi connectivity index (χ0n) is 17.0. The number of rotatable bonds is 7.